The zero-order chi connectivity index (χ0) is 14.4. The van der Waals surface area contributed by atoms with Gasteiger partial charge in [0.25, 0.3) is 0 Å². The van der Waals surface area contributed by atoms with Crippen molar-refractivity contribution in [1.82, 2.24) is 10.3 Å². The second-order valence-electron chi connectivity index (χ2n) is 3.75. The molecule has 0 aliphatic rings. The van der Waals surface area contributed by atoms with Gasteiger partial charge in [0.15, 0.2) is 5.84 Å². The van der Waals surface area contributed by atoms with Crippen molar-refractivity contribution in [3.63, 3.8) is 0 Å². The highest BCUT2D eigenvalue weighted by molar-refractivity contribution is 6.30. The summed E-state index contributed by atoms with van der Waals surface area (Å²) in [7, 11) is 0. The number of hydrogen-bond acceptors (Lipinski definition) is 4. The fraction of sp³-hybridized carbons (Fsp3) is 0. The number of benzene rings is 1. The average Bonchev–Trinajstić information content (AvgIpc) is 2.45. The van der Waals surface area contributed by atoms with Gasteiger partial charge in [0.1, 0.15) is 5.69 Å². The molecule has 2 aromatic rings. The lowest BCUT2D eigenvalue weighted by molar-refractivity contribution is 0.255. The van der Waals surface area contributed by atoms with Crippen LogP contribution in [0, 0.1) is 0 Å². The molecular weight excluding hydrogens is 280 g/mol. The van der Waals surface area contributed by atoms with Crippen molar-refractivity contribution in [2.45, 2.75) is 0 Å². The number of aromatic nitrogens is 1. The number of carbonyl (C=O) groups is 1. The minimum atomic E-state index is -0.564. The lowest BCUT2D eigenvalue weighted by atomic mass is 10.3. The SMILES string of the molecule is O=C(N/C(=N\O)c1ccccn1)Nc1cccc(Cl)c1. The van der Waals surface area contributed by atoms with Crippen LogP contribution in [0.25, 0.3) is 0 Å². The van der Waals surface area contributed by atoms with E-state index in [1.807, 2.05) is 0 Å². The van der Waals surface area contributed by atoms with E-state index in [-0.39, 0.29) is 5.84 Å². The maximum atomic E-state index is 11.8. The smallest absolute Gasteiger partial charge is 0.324 e. The Labute approximate surface area is 120 Å². The Bertz CT molecular complexity index is 631. The van der Waals surface area contributed by atoms with Gasteiger partial charge >= 0.3 is 6.03 Å². The molecule has 0 spiro atoms. The van der Waals surface area contributed by atoms with Crippen LogP contribution in [0.15, 0.2) is 53.8 Å². The van der Waals surface area contributed by atoms with Crippen molar-refractivity contribution < 1.29 is 10.0 Å². The second kappa shape index (κ2) is 6.53. The number of amides is 2. The van der Waals surface area contributed by atoms with Crippen LogP contribution in [0.5, 0.6) is 0 Å². The van der Waals surface area contributed by atoms with E-state index < -0.39 is 6.03 Å². The lowest BCUT2D eigenvalue weighted by Gasteiger charge is -2.08. The second-order valence-corrected chi connectivity index (χ2v) is 4.19. The summed E-state index contributed by atoms with van der Waals surface area (Å²) in [5, 5.41) is 17.4. The fourth-order valence-corrected chi connectivity index (χ4v) is 1.67. The number of urea groups is 1. The van der Waals surface area contributed by atoms with Crippen LogP contribution in [0.2, 0.25) is 5.02 Å². The summed E-state index contributed by atoms with van der Waals surface area (Å²) in [6.45, 7) is 0. The van der Waals surface area contributed by atoms with Gasteiger partial charge in [-0.15, -0.1) is 0 Å². The third kappa shape index (κ3) is 3.69. The number of pyridine rings is 1. The molecule has 0 atom stereocenters. The molecule has 2 rings (SSSR count). The van der Waals surface area contributed by atoms with Gasteiger partial charge in [0.05, 0.1) is 0 Å². The third-order valence-electron chi connectivity index (χ3n) is 2.32. The normalized spacial score (nSPS) is 10.9. The Morgan fingerprint density at radius 1 is 1.25 bits per heavy atom. The maximum absolute atomic E-state index is 11.8. The van der Waals surface area contributed by atoms with E-state index in [2.05, 4.69) is 20.8 Å². The van der Waals surface area contributed by atoms with Crippen molar-refractivity contribution in [1.29, 1.82) is 0 Å². The molecule has 0 bridgehead atoms. The quantitative estimate of drug-likeness (QED) is 0.344. The van der Waals surface area contributed by atoms with E-state index in [0.717, 1.165) is 0 Å². The number of rotatable bonds is 2. The molecule has 2 amide bonds. The number of nitrogens with zero attached hydrogens (tertiary/aromatic N) is 2. The predicted octanol–water partition coefficient (Wildman–Crippen LogP) is 2.69. The zero-order valence-corrected chi connectivity index (χ0v) is 11.0. The largest absolute Gasteiger partial charge is 0.409 e. The number of nitrogens with one attached hydrogen (secondary N) is 2. The Morgan fingerprint density at radius 2 is 2.10 bits per heavy atom. The van der Waals surface area contributed by atoms with Gasteiger partial charge in [-0.25, -0.2) is 4.79 Å². The summed E-state index contributed by atoms with van der Waals surface area (Å²) in [4.78, 5) is 15.8. The Hall–Kier alpha value is -2.60. The minimum absolute atomic E-state index is 0.0508. The highest BCUT2D eigenvalue weighted by Crippen LogP contribution is 2.14. The molecule has 0 saturated heterocycles. The minimum Gasteiger partial charge on any atom is -0.409 e. The standard InChI is InChI=1S/C13H11ClN4O2/c14-9-4-3-5-10(8-9)16-13(19)17-12(18-20)11-6-1-2-7-15-11/h1-8,20H,(H2,16,17,18,19). The Morgan fingerprint density at radius 3 is 2.75 bits per heavy atom. The van der Waals surface area contributed by atoms with Gasteiger partial charge in [0.2, 0.25) is 0 Å². The van der Waals surface area contributed by atoms with Crippen molar-refractivity contribution in [2.75, 3.05) is 5.32 Å². The molecule has 1 heterocycles. The first-order chi connectivity index (χ1) is 9.69. The summed E-state index contributed by atoms with van der Waals surface area (Å²) in [5.41, 5.74) is 0.865. The summed E-state index contributed by atoms with van der Waals surface area (Å²) in [6, 6.07) is 11.1. The van der Waals surface area contributed by atoms with Crippen LogP contribution in [0.4, 0.5) is 10.5 Å². The van der Waals surface area contributed by atoms with E-state index in [1.54, 1.807) is 42.5 Å². The van der Waals surface area contributed by atoms with Gasteiger partial charge in [0, 0.05) is 16.9 Å². The summed E-state index contributed by atoms with van der Waals surface area (Å²) in [6.07, 6.45) is 1.52. The highest BCUT2D eigenvalue weighted by atomic mass is 35.5. The summed E-state index contributed by atoms with van der Waals surface area (Å²) < 4.78 is 0. The third-order valence-corrected chi connectivity index (χ3v) is 2.56. The van der Waals surface area contributed by atoms with Crippen LogP contribution in [-0.4, -0.2) is 22.1 Å². The number of anilines is 1. The van der Waals surface area contributed by atoms with Crippen LogP contribution in [-0.2, 0) is 0 Å². The van der Waals surface area contributed by atoms with E-state index in [0.29, 0.717) is 16.4 Å². The first-order valence-electron chi connectivity index (χ1n) is 5.66. The van der Waals surface area contributed by atoms with Crippen molar-refractivity contribution in [3.8, 4) is 0 Å². The van der Waals surface area contributed by atoms with Crippen molar-refractivity contribution in [3.05, 3.63) is 59.4 Å². The molecule has 20 heavy (non-hydrogen) atoms. The molecule has 102 valence electrons. The number of amidine groups is 1. The molecule has 6 nitrogen and oxygen atoms in total. The summed E-state index contributed by atoms with van der Waals surface area (Å²) in [5.74, 6) is -0.0508. The monoisotopic (exact) mass is 290 g/mol. The number of hydrogen-bond donors (Lipinski definition) is 3. The molecule has 0 saturated carbocycles. The number of halogens is 1. The molecule has 1 aromatic heterocycles. The molecule has 0 aliphatic heterocycles. The molecule has 0 radical (unpaired) electrons. The van der Waals surface area contributed by atoms with Crippen LogP contribution < -0.4 is 10.6 Å². The van der Waals surface area contributed by atoms with E-state index >= 15 is 0 Å². The predicted molar refractivity (Wildman–Crippen MR) is 76.2 cm³/mol. The van der Waals surface area contributed by atoms with Gasteiger partial charge in [-0.05, 0) is 30.3 Å². The fourth-order valence-electron chi connectivity index (χ4n) is 1.48. The van der Waals surface area contributed by atoms with Gasteiger partial charge < -0.3 is 10.5 Å². The van der Waals surface area contributed by atoms with E-state index in [4.69, 9.17) is 16.8 Å². The van der Waals surface area contributed by atoms with Crippen LogP contribution in [0.3, 0.4) is 0 Å². The van der Waals surface area contributed by atoms with Crippen molar-refractivity contribution >= 4 is 29.2 Å². The molecule has 7 heteroatoms. The Balaban J connectivity index is 2.04. The molecule has 3 N–H and O–H groups in total. The molecule has 0 unspecified atom stereocenters. The number of oxime groups is 1. The zero-order valence-electron chi connectivity index (χ0n) is 10.2. The molecular formula is C13H11ClN4O2. The van der Waals surface area contributed by atoms with Gasteiger partial charge in [-0.3, -0.25) is 10.3 Å². The average molecular weight is 291 g/mol. The first-order valence-corrected chi connectivity index (χ1v) is 6.04. The number of carbonyl (C=O) groups excluding carboxylic acids is 1. The van der Waals surface area contributed by atoms with E-state index in [9.17, 15) is 4.79 Å². The van der Waals surface area contributed by atoms with Crippen LogP contribution >= 0.6 is 11.6 Å². The lowest BCUT2D eigenvalue weighted by Crippen LogP contribution is -2.35. The highest BCUT2D eigenvalue weighted by Gasteiger charge is 2.10. The summed E-state index contributed by atoms with van der Waals surface area (Å²) >= 11 is 5.81. The maximum Gasteiger partial charge on any atom is 0.324 e. The molecule has 1 aromatic carbocycles. The van der Waals surface area contributed by atoms with Gasteiger partial charge in [-0.1, -0.05) is 28.9 Å². The molecule has 0 aliphatic carbocycles. The first kappa shape index (κ1) is 13.8. The molecule has 0 fully saturated rings. The van der Waals surface area contributed by atoms with Gasteiger partial charge in [-0.2, -0.15) is 0 Å². The van der Waals surface area contributed by atoms with Crippen LogP contribution in [0.1, 0.15) is 5.69 Å². The topological polar surface area (TPSA) is 86.6 Å². The van der Waals surface area contributed by atoms with Crippen molar-refractivity contribution in [2.24, 2.45) is 5.16 Å². The Kier molecular flexibility index (Phi) is 4.52. The van der Waals surface area contributed by atoms with E-state index in [1.165, 1.54) is 6.20 Å².